The monoisotopic (exact) mass is 392 g/mol. The summed E-state index contributed by atoms with van der Waals surface area (Å²) < 4.78 is 63.4. The van der Waals surface area contributed by atoms with Crippen LogP contribution in [0.4, 0.5) is 13.2 Å². The molecule has 0 radical (unpaired) electrons. The fourth-order valence-corrected chi connectivity index (χ4v) is 5.10. The molecule has 144 valence electrons. The van der Waals surface area contributed by atoms with Crippen molar-refractivity contribution in [3.8, 4) is 5.75 Å². The molecule has 2 heterocycles. The molecular formula is C16H19F3N2O4S. The van der Waals surface area contributed by atoms with Crippen LogP contribution in [0.15, 0.2) is 24.3 Å². The molecule has 10 heteroatoms. The Morgan fingerprint density at radius 3 is 2.19 bits per heavy atom. The summed E-state index contributed by atoms with van der Waals surface area (Å²) in [6.45, 7) is 2.08. The molecule has 1 aromatic rings. The van der Waals surface area contributed by atoms with E-state index in [4.69, 9.17) is 0 Å². The summed E-state index contributed by atoms with van der Waals surface area (Å²) in [6, 6.07) is 4.84. The van der Waals surface area contributed by atoms with Gasteiger partial charge in [0.15, 0.2) is 9.84 Å². The lowest BCUT2D eigenvalue weighted by Crippen LogP contribution is -2.52. The second-order valence-corrected chi connectivity index (χ2v) is 8.69. The third-order valence-electron chi connectivity index (χ3n) is 4.66. The highest BCUT2D eigenvalue weighted by Crippen LogP contribution is 2.24. The summed E-state index contributed by atoms with van der Waals surface area (Å²) in [6.07, 6.45) is -4.15. The molecule has 0 aliphatic carbocycles. The van der Waals surface area contributed by atoms with Crippen LogP contribution in [0.5, 0.6) is 5.75 Å². The first kappa shape index (κ1) is 19.0. The van der Waals surface area contributed by atoms with Gasteiger partial charge in [0.2, 0.25) is 0 Å². The van der Waals surface area contributed by atoms with Gasteiger partial charge in [0.05, 0.1) is 11.5 Å². The number of carbonyl (C=O) groups excluding carboxylic acids is 1. The number of benzene rings is 1. The van der Waals surface area contributed by atoms with Crippen LogP contribution in [-0.4, -0.2) is 74.2 Å². The average molecular weight is 392 g/mol. The van der Waals surface area contributed by atoms with Crippen molar-refractivity contribution in [3.05, 3.63) is 29.8 Å². The van der Waals surface area contributed by atoms with E-state index in [2.05, 4.69) is 9.64 Å². The fraction of sp³-hybridized carbons (Fsp3) is 0.562. The molecule has 1 atom stereocenters. The number of sulfone groups is 1. The molecule has 0 bridgehead atoms. The van der Waals surface area contributed by atoms with E-state index in [9.17, 15) is 26.4 Å². The van der Waals surface area contributed by atoms with Gasteiger partial charge >= 0.3 is 6.36 Å². The molecule has 2 aliphatic heterocycles. The summed E-state index contributed by atoms with van der Waals surface area (Å²) in [5.74, 6) is -0.256. The standard InChI is InChI=1S/C16H19F3N2O4S/c17-16(18,19)25-14-3-1-12(2-4-14)15(22)21-8-6-20(7-9-21)13-5-10-26(23,24)11-13/h1-4,13H,5-11H2/t13-/m1/s1. The minimum absolute atomic E-state index is 0.0102. The SMILES string of the molecule is O=C(c1ccc(OC(F)(F)F)cc1)N1CCN([C@@H]2CCS(=O)(=O)C2)CC1. The third kappa shape index (κ3) is 4.67. The molecule has 2 fully saturated rings. The smallest absolute Gasteiger partial charge is 0.406 e. The summed E-state index contributed by atoms with van der Waals surface area (Å²) in [5.41, 5.74) is 0.288. The van der Waals surface area contributed by atoms with E-state index in [1.54, 1.807) is 4.90 Å². The number of amides is 1. The van der Waals surface area contributed by atoms with E-state index < -0.39 is 16.2 Å². The van der Waals surface area contributed by atoms with Crippen LogP contribution in [0.2, 0.25) is 0 Å². The van der Waals surface area contributed by atoms with Crippen molar-refractivity contribution in [1.29, 1.82) is 0 Å². The molecule has 0 saturated carbocycles. The van der Waals surface area contributed by atoms with Gasteiger partial charge in [0.1, 0.15) is 5.75 Å². The highest BCUT2D eigenvalue weighted by molar-refractivity contribution is 7.91. The molecule has 2 saturated heterocycles. The molecule has 1 aromatic carbocycles. The van der Waals surface area contributed by atoms with Crippen LogP contribution in [0.1, 0.15) is 16.8 Å². The first-order chi connectivity index (χ1) is 12.1. The zero-order valence-corrected chi connectivity index (χ0v) is 14.7. The van der Waals surface area contributed by atoms with E-state index in [0.717, 1.165) is 12.1 Å². The quantitative estimate of drug-likeness (QED) is 0.781. The van der Waals surface area contributed by atoms with Gasteiger partial charge in [0, 0.05) is 37.8 Å². The molecule has 0 unspecified atom stereocenters. The number of hydrogen-bond acceptors (Lipinski definition) is 5. The Balaban J connectivity index is 1.55. The Kier molecular flexibility index (Phi) is 5.16. The lowest BCUT2D eigenvalue weighted by Gasteiger charge is -2.37. The normalized spacial score (nSPS) is 23.8. The molecule has 0 spiro atoms. The third-order valence-corrected chi connectivity index (χ3v) is 6.41. The van der Waals surface area contributed by atoms with Crippen molar-refractivity contribution in [3.63, 3.8) is 0 Å². The topological polar surface area (TPSA) is 66.9 Å². The van der Waals surface area contributed by atoms with Gasteiger partial charge in [-0.3, -0.25) is 9.69 Å². The zero-order valence-electron chi connectivity index (χ0n) is 13.9. The van der Waals surface area contributed by atoms with Gasteiger partial charge in [0.25, 0.3) is 5.91 Å². The maximum absolute atomic E-state index is 12.5. The minimum atomic E-state index is -4.77. The van der Waals surface area contributed by atoms with Gasteiger partial charge in [-0.2, -0.15) is 0 Å². The lowest BCUT2D eigenvalue weighted by molar-refractivity contribution is -0.274. The van der Waals surface area contributed by atoms with Gasteiger partial charge in [-0.05, 0) is 30.7 Å². The van der Waals surface area contributed by atoms with E-state index in [1.807, 2.05) is 0 Å². The predicted molar refractivity (Wildman–Crippen MR) is 87.7 cm³/mol. The highest BCUT2D eigenvalue weighted by atomic mass is 32.2. The number of hydrogen-bond donors (Lipinski definition) is 0. The second kappa shape index (κ2) is 7.07. The summed E-state index contributed by atoms with van der Waals surface area (Å²) in [4.78, 5) is 16.2. The second-order valence-electron chi connectivity index (χ2n) is 6.46. The molecule has 3 rings (SSSR count). The van der Waals surface area contributed by atoms with Crippen LogP contribution in [-0.2, 0) is 9.84 Å². The van der Waals surface area contributed by atoms with Crippen molar-refractivity contribution in [1.82, 2.24) is 9.80 Å². The number of ether oxygens (including phenoxy) is 1. The van der Waals surface area contributed by atoms with E-state index in [1.165, 1.54) is 12.1 Å². The Bertz CT molecular complexity index is 757. The van der Waals surface area contributed by atoms with Crippen molar-refractivity contribution in [2.75, 3.05) is 37.7 Å². The number of rotatable bonds is 3. The molecule has 26 heavy (non-hydrogen) atoms. The van der Waals surface area contributed by atoms with Crippen LogP contribution in [0.3, 0.4) is 0 Å². The minimum Gasteiger partial charge on any atom is -0.406 e. The van der Waals surface area contributed by atoms with E-state index in [-0.39, 0.29) is 34.8 Å². The molecule has 6 nitrogen and oxygen atoms in total. The van der Waals surface area contributed by atoms with Gasteiger partial charge in [-0.1, -0.05) is 0 Å². The maximum Gasteiger partial charge on any atom is 0.573 e. The average Bonchev–Trinajstić information content (AvgIpc) is 2.94. The van der Waals surface area contributed by atoms with Gasteiger partial charge < -0.3 is 9.64 Å². The van der Waals surface area contributed by atoms with Crippen molar-refractivity contribution >= 4 is 15.7 Å². The lowest BCUT2D eigenvalue weighted by atomic mass is 10.1. The zero-order chi connectivity index (χ0) is 18.9. The summed E-state index contributed by atoms with van der Waals surface area (Å²) in [5, 5.41) is 0. The van der Waals surface area contributed by atoms with Crippen LogP contribution < -0.4 is 4.74 Å². The molecule has 0 N–H and O–H groups in total. The molecule has 1 amide bonds. The van der Waals surface area contributed by atoms with Crippen molar-refractivity contribution in [2.24, 2.45) is 0 Å². The first-order valence-corrected chi connectivity index (χ1v) is 10.0. The predicted octanol–water partition coefficient (Wildman–Crippen LogP) is 1.53. The summed E-state index contributed by atoms with van der Waals surface area (Å²) >= 11 is 0. The molecule has 0 aromatic heterocycles. The van der Waals surface area contributed by atoms with Gasteiger partial charge in [-0.25, -0.2) is 8.42 Å². The Morgan fingerprint density at radius 1 is 1.08 bits per heavy atom. The van der Waals surface area contributed by atoms with Crippen LogP contribution in [0, 0.1) is 0 Å². The van der Waals surface area contributed by atoms with E-state index >= 15 is 0 Å². The van der Waals surface area contributed by atoms with E-state index in [0.29, 0.717) is 32.6 Å². The summed E-state index contributed by atoms with van der Waals surface area (Å²) in [7, 11) is -2.95. The number of carbonyl (C=O) groups is 1. The molecular weight excluding hydrogens is 373 g/mol. The largest absolute Gasteiger partial charge is 0.573 e. The van der Waals surface area contributed by atoms with Gasteiger partial charge in [-0.15, -0.1) is 13.2 Å². The number of piperazine rings is 1. The van der Waals surface area contributed by atoms with Crippen LogP contribution >= 0.6 is 0 Å². The van der Waals surface area contributed by atoms with Crippen molar-refractivity contribution in [2.45, 2.75) is 18.8 Å². The number of nitrogens with zero attached hydrogens (tertiary/aromatic N) is 2. The number of alkyl halides is 3. The fourth-order valence-electron chi connectivity index (χ4n) is 3.34. The highest BCUT2D eigenvalue weighted by Gasteiger charge is 2.34. The Morgan fingerprint density at radius 2 is 1.69 bits per heavy atom. The Labute approximate surface area is 149 Å². The maximum atomic E-state index is 12.5. The number of halogens is 3. The van der Waals surface area contributed by atoms with Crippen molar-refractivity contribution < 1.29 is 31.1 Å². The first-order valence-electron chi connectivity index (χ1n) is 8.22. The Hall–Kier alpha value is -1.81. The van der Waals surface area contributed by atoms with Crippen LogP contribution in [0.25, 0.3) is 0 Å². The molecule has 2 aliphatic rings.